The number of benzene rings is 1. The molecule has 2 amide bonds. The lowest BCUT2D eigenvalue weighted by molar-refractivity contribution is -0.140. The number of amides is 2. The number of methoxy groups -OCH3 is 2. The SMILES string of the molecule is COCCCNC(=O)CN1CCN(C(=O)C2(c3ccc(OC)cc3)CCCCC2)CC1. The second-order valence-corrected chi connectivity index (χ2v) is 8.64. The normalized spacial score (nSPS) is 19.1. The lowest BCUT2D eigenvalue weighted by Gasteiger charge is -2.43. The molecule has 7 heteroatoms. The van der Waals surface area contributed by atoms with Gasteiger partial charge in [-0.25, -0.2) is 0 Å². The number of nitrogens with zero attached hydrogens (tertiary/aromatic N) is 2. The van der Waals surface area contributed by atoms with Gasteiger partial charge in [0.25, 0.3) is 0 Å². The van der Waals surface area contributed by atoms with E-state index in [1.165, 1.54) is 6.42 Å². The Morgan fingerprint density at radius 2 is 1.68 bits per heavy atom. The maximum Gasteiger partial charge on any atom is 0.234 e. The van der Waals surface area contributed by atoms with E-state index in [9.17, 15) is 9.59 Å². The predicted molar refractivity (Wildman–Crippen MR) is 120 cm³/mol. The topological polar surface area (TPSA) is 71.1 Å². The summed E-state index contributed by atoms with van der Waals surface area (Å²) in [5.41, 5.74) is 0.682. The number of ether oxygens (including phenoxy) is 2. The zero-order valence-corrected chi connectivity index (χ0v) is 19.0. The quantitative estimate of drug-likeness (QED) is 0.607. The molecule has 1 heterocycles. The minimum Gasteiger partial charge on any atom is -0.497 e. The fourth-order valence-corrected chi connectivity index (χ4v) is 4.81. The fraction of sp³-hybridized carbons (Fsp3) is 0.667. The first-order chi connectivity index (χ1) is 15.1. The van der Waals surface area contributed by atoms with E-state index in [0.29, 0.717) is 32.8 Å². The van der Waals surface area contributed by atoms with E-state index in [-0.39, 0.29) is 11.8 Å². The second kappa shape index (κ2) is 11.5. The molecule has 1 saturated carbocycles. The molecule has 0 aromatic heterocycles. The van der Waals surface area contributed by atoms with Crippen molar-refractivity contribution in [1.82, 2.24) is 15.1 Å². The summed E-state index contributed by atoms with van der Waals surface area (Å²) in [6, 6.07) is 8.04. The first kappa shape index (κ1) is 23.5. The second-order valence-electron chi connectivity index (χ2n) is 8.64. The third kappa shape index (κ3) is 5.98. The number of piperazine rings is 1. The maximum atomic E-state index is 13.7. The molecule has 0 atom stereocenters. The summed E-state index contributed by atoms with van der Waals surface area (Å²) >= 11 is 0. The van der Waals surface area contributed by atoms with Crippen LogP contribution >= 0.6 is 0 Å². The van der Waals surface area contributed by atoms with Gasteiger partial charge in [-0.15, -0.1) is 0 Å². The molecule has 172 valence electrons. The molecular weight excluding hydrogens is 394 g/mol. The van der Waals surface area contributed by atoms with Gasteiger partial charge in [-0.05, 0) is 37.0 Å². The van der Waals surface area contributed by atoms with Gasteiger partial charge in [0.15, 0.2) is 0 Å². The van der Waals surface area contributed by atoms with Gasteiger partial charge in [0.05, 0.1) is 19.1 Å². The van der Waals surface area contributed by atoms with Gasteiger partial charge in [0, 0.05) is 46.4 Å². The Kier molecular flexibility index (Phi) is 8.72. The molecule has 1 saturated heterocycles. The Balaban J connectivity index is 1.57. The minimum atomic E-state index is -0.425. The first-order valence-electron chi connectivity index (χ1n) is 11.5. The zero-order chi connectivity index (χ0) is 22.1. The fourth-order valence-electron chi connectivity index (χ4n) is 4.81. The smallest absolute Gasteiger partial charge is 0.234 e. The van der Waals surface area contributed by atoms with Gasteiger partial charge >= 0.3 is 0 Å². The predicted octanol–water partition coefficient (Wildman–Crippen LogP) is 2.19. The van der Waals surface area contributed by atoms with Crippen LogP contribution in [-0.4, -0.2) is 81.7 Å². The number of hydrogen-bond donors (Lipinski definition) is 1. The Hall–Kier alpha value is -2.12. The molecular formula is C24H37N3O4. The zero-order valence-electron chi connectivity index (χ0n) is 19.0. The first-order valence-corrected chi connectivity index (χ1v) is 11.5. The third-order valence-electron chi connectivity index (χ3n) is 6.63. The van der Waals surface area contributed by atoms with Crippen LogP contribution in [0, 0.1) is 0 Å². The van der Waals surface area contributed by atoms with Crippen molar-refractivity contribution in [2.45, 2.75) is 43.9 Å². The molecule has 3 rings (SSSR count). The number of hydrogen-bond acceptors (Lipinski definition) is 5. The molecule has 1 aromatic carbocycles. The van der Waals surface area contributed by atoms with Crippen LogP contribution in [0.4, 0.5) is 0 Å². The van der Waals surface area contributed by atoms with E-state index in [1.807, 2.05) is 17.0 Å². The molecule has 0 unspecified atom stereocenters. The monoisotopic (exact) mass is 431 g/mol. The number of nitrogens with one attached hydrogen (secondary N) is 1. The molecule has 2 aliphatic rings. The van der Waals surface area contributed by atoms with Gasteiger partial charge < -0.3 is 19.7 Å². The van der Waals surface area contributed by atoms with Crippen LogP contribution in [0.1, 0.15) is 44.1 Å². The maximum absolute atomic E-state index is 13.7. The Morgan fingerprint density at radius 1 is 1.00 bits per heavy atom. The molecule has 1 aromatic rings. The van der Waals surface area contributed by atoms with Crippen LogP contribution in [0.3, 0.4) is 0 Å². The van der Waals surface area contributed by atoms with Crippen molar-refractivity contribution in [3.8, 4) is 5.75 Å². The van der Waals surface area contributed by atoms with Crippen molar-refractivity contribution in [1.29, 1.82) is 0 Å². The summed E-state index contributed by atoms with van der Waals surface area (Å²) in [5, 5.41) is 2.94. The third-order valence-corrected chi connectivity index (χ3v) is 6.63. The van der Waals surface area contributed by atoms with Crippen LogP contribution < -0.4 is 10.1 Å². The summed E-state index contributed by atoms with van der Waals surface area (Å²) in [6.45, 7) is 4.48. The van der Waals surface area contributed by atoms with Gasteiger partial charge in [-0.1, -0.05) is 31.4 Å². The highest BCUT2D eigenvalue weighted by molar-refractivity contribution is 5.88. The summed E-state index contributed by atoms with van der Waals surface area (Å²) in [6.07, 6.45) is 5.99. The Morgan fingerprint density at radius 3 is 2.29 bits per heavy atom. The highest BCUT2D eigenvalue weighted by Gasteiger charge is 2.44. The molecule has 31 heavy (non-hydrogen) atoms. The summed E-state index contributed by atoms with van der Waals surface area (Å²) < 4.78 is 10.3. The molecule has 2 fully saturated rings. The van der Waals surface area contributed by atoms with Gasteiger partial charge in [0.1, 0.15) is 5.75 Å². The minimum absolute atomic E-state index is 0.0397. The summed E-state index contributed by atoms with van der Waals surface area (Å²) in [7, 11) is 3.32. The van der Waals surface area contributed by atoms with Crippen molar-refractivity contribution < 1.29 is 19.1 Å². The van der Waals surface area contributed by atoms with E-state index in [4.69, 9.17) is 9.47 Å². The molecule has 1 aliphatic carbocycles. The summed E-state index contributed by atoms with van der Waals surface area (Å²) in [5.74, 6) is 1.11. The van der Waals surface area contributed by atoms with E-state index >= 15 is 0 Å². The van der Waals surface area contributed by atoms with Crippen molar-refractivity contribution in [2.24, 2.45) is 0 Å². The lowest BCUT2D eigenvalue weighted by Crippen LogP contribution is -2.56. The van der Waals surface area contributed by atoms with Crippen LogP contribution in [0.2, 0.25) is 0 Å². The largest absolute Gasteiger partial charge is 0.497 e. The van der Waals surface area contributed by atoms with Gasteiger partial charge in [0.2, 0.25) is 11.8 Å². The van der Waals surface area contributed by atoms with Crippen LogP contribution in [0.15, 0.2) is 24.3 Å². The molecule has 7 nitrogen and oxygen atoms in total. The summed E-state index contributed by atoms with van der Waals surface area (Å²) in [4.78, 5) is 30.0. The number of carbonyl (C=O) groups excluding carboxylic acids is 2. The van der Waals surface area contributed by atoms with Crippen molar-refractivity contribution in [2.75, 3.05) is 60.1 Å². The molecule has 1 aliphatic heterocycles. The van der Waals surface area contributed by atoms with Crippen LogP contribution in [0.25, 0.3) is 0 Å². The molecule has 0 spiro atoms. The van der Waals surface area contributed by atoms with E-state index in [1.54, 1.807) is 14.2 Å². The highest BCUT2D eigenvalue weighted by atomic mass is 16.5. The Bertz CT molecular complexity index is 708. The Labute approximate surface area is 186 Å². The van der Waals surface area contributed by atoms with E-state index < -0.39 is 5.41 Å². The van der Waals surface area contributed by atoms with Crippen LogP contribution in [0.5, 0.6) is 5.75 Å². The van der Waals surface area contributed by atoms with Gasteiger partial charge in [-0.3, -0.25) is 14.5 Å². The van der Waals surface area contributed by atoms with Crippen molar-refractivity contribution >= 4 is 11.8 Å². The lowest BCUT2D eigenvalue weighted by atomic mass is 9.68. The molecule has 1 N–H and O–H groups in total. The highest BCUT2D eigenvalue weighted by Crippen LogP contribution is 2.41. The van der Waals surface area contributed by atoms with Crippen LogP contribution in [-0.2, 0) is 19.7 Å². The van der Waals surface area contributed by atoms with E-state index in [0.717, 1.165) is 56.5 Å². The average molecular weight is 432 g/mol. The number of rotatable bonds is 9. The molecule has 0 radical (unpaired) electrons. The van der Waals surface area contributed by atoms with Crippen molar-refractivity contribution in [3.63, 3.8) is 0 Å². The van der Waals surface area contributed by atoms with E-state index in [2.05, 4.69) is 22.3 Å². The number of carbonyl (C=O) groups is 2. The molecule has 0 bridgehead atoms. The average Bonchev–Trinajstić information content (AvgIpc) is 2.82. The standard InChI is InChI=1S/C24H37N3O4/c1-30-18-6-13-25-22(28)19-26-14-16-27(17-15-26)23(29)24(11-4-3-5-12-24)20-7-9-21(31-2)10-8-20/h7-10H,3-6,11-19H2,1-2H3,(H,25,28). The van der Waals surface area contributed by atoms with Crippen molar-refractivity contribution in [3.05, 3.63) is 29.8 Å². The van der Waals surface area contributed by atoms with Gasteiger partial charge in [-0.2, -0.15) is 0 Å².